The van der Waals surface area contributed by atoms with Gasteiger partial charge < -0.3 is 14.1 Å². The minimum absolute atomic E-state index is 0.181. The van der Waals surface area contributed by atoms with Crippen molar-refractivity contribution in [3.8, 4) is 22.4 Å². The second-order valence-corrected chi connectivity index (χ2v) is 10.8. The molecule has 41 heavy (non-hydrogen) atoms. The summed E-state index contributed by atoms with van der Waals surface area (Å²) in [7, 11) is 1.63. The fraction of sp³-hybridized carbons (Fsp3) is 0.182. The van der Waals surface area contributed by atoms with Crippen molar-refractivity contribution in [2.24, 2.45) is 0 Å². The first kappa shape index (κ1) is 27.7. The van der Waals surface area contributed by atoms with Crippen LogP contribution in [0.15, 0.2) is 89.5 Å². The van der Waals surface area contributed by atoms with Gasteiger partial charge >= 0.3 is 6.09 Å². The zero-order valence-electron chi connectivity index (χ0n) is 23.1. The lowest BCUT2D eigenvalue weighted by molar-refractivity contribution is 0.0275. The number of fused-ring (bicyclic) bond motifs is 1. The molecule has 0 aliphatic rings. The lowest BCUT2D eigenvalue weighted by Crippen LogP contribution is -2.33. The SMILES string of the molecule is CN(Cc1cc2cc(-c3ccc(C(=O)c4ccc(F)cc4)cn3)cc(-c3ccc(F)cc3)c2o1)C(=O)OC(C)(C)C. The molecule has 0 bridgehead atoms. The predicted octanol–water partition coefficient (Wildman–Crippen LogP) is 8.04. The zero-order chi connectivity index (χ0) is 29.3. The van der Waals surface area contributed by atoms with Gasteiger partial charge in [-0.25, -0.2) is 13.6 Å². The Morgan fingerprint density at radius 1 is 0.854 bits per heavy atom. The highest BCUT2D eigenvalue weighted by molar-refractivity contribution is 6.09. The van der Waals surface area contributed by atoms with E-state index >= 15 is 0 Å². The van der Waals surface area contributed by atoms with Gasteiger partial charge in [0.25, 0.3) is 0 Å². The minimum atomic E-state index is -0.629. The number of hydrogen-bond acceptors (Lipinski definition) is 5. The van der Waals surface area contributed by atoms with E-state index in [0.29, 0.717) is 28.2 Å². The molecule has 2 heterocycles. The van der Waals surface area contributed by atoms with E-state index in [1.165, 1.54) is 47.5 Å². The van der Waals surface area contributed by atoms with Crippen molar-refractivity contribution in [2.45, 2.75) is 32.9 Å². The van der Waals surface area contributed by atoms with Crippen molar-refractivity contribution in [2.75, 3.05) is 7.05 Å². The summed E-state index contributed by atoms with van der Waals surface area (Å²) >= 11 is 0. The molecule has 0 spiro atoms. The number of furan rings is 1. The van der Waals surface area contributed by atoms with Crippen LogP contribution in [0.2, 0.25) is 0 Å². The average Bonchev–Trinajstić information content (AvgIpc) is 3.34. The van der Waals surface area contributed by atoms with Crippen LogP contribution in [0.25, 0.3) is 33.4 Å². The Kier molecular flexibility index (Phi) is 7.41. The Hall–Kier alpha value is -4.85. The van der Waals surface area contributed by atoms with Crippen molar-refractivity contribution >= 4 is 22.8 Å². The summed E-state index contributed by atoms with van der Waals surface area (Å²) in [4.78, 5) is 31.3. The summed E-state index contributed by atoms with van der Waals surface area (Å²) in [6.07, 6.45) is 1.01. The maximum absolute atomic E-state index is 13.7. The lowest BCUT2D eigenvalue weighted by Gasteiger charge is -2.24. The number of pyridine rings is 1. The number of ether oxygens (including phenoxy) is 1. The van der Waals surface area contributed by atoms with Gasteiger partial charge in [0.05, 0.1) is 12.2 Å². The van der Waals surface area contributed by atoms with Crippen molar-refractivity contribution < 1.29 is 27.5 Å². The molecule has 5 aromatic rings. The zero-order valence-corrected chi connectivity index (χ0v) is 23.1. The number of hydrogen-bond donors (Lipinski definition) is 0. The van der Waals surface area contributed by atoms with Crippen LogP contribution in [0.3, 0.4) is 0 Å². The minimum Gasteiger partial charge on any atom is -0.459 e. The number of carbonyl (C=O) groups excluding carboxylic acids is 2. The summed E-state index contributed by atoms with van der Waals surface area (Å²) in [5.41, 5.74) is 3.51. The van der Waals surface area contributed by atoms with E-state index in [2.05, 4.69) is 4.98 Å². The molecule has 3 aromatic carbocycles. The molecule has 8 heteroatoms. The predicted molar refractivity (Wildman–Crippen MR) is 152 cm³/mol. The van der Waals surface area contributed by atoms with Crippen molar-refractivity contribution in [1.29, 1.82) is 0 Å². The molecule has 0 aliphatic carbocycles. The molecule has 6 nitrogen and oxygen atoms in total. The topological polar surface area (TPSA) is 72.6 Å². The van der Waals surface area contributed by atoms with E-state index in [4.69, 9.17) is 9.15 Å². The fourth-order valence-electron chi connectivity index (χ4n) is 4.38. The molecular weight excluding hydrogens is 526 g/mol. The van der Waals surface area contributed by atoms with Crippen LogP contribution in [0.1, 0.15) is 42.5 Å². The van der Waals surface area contributed by atoms with Crippen LogP contribution in [-0.2, 0) is 11.3 Å². The summed E-state index contributed by atoms with van der Waals surface area (Å²) in [6, 6.07) is 20.5. The average molecular weight is 555 g/mol. The van der Waals surface area contributed by atoms with Crippen molar-refractivity contribution in [3.63, 3.8) is 0 Å². The van der Waals surface area contributed by atoms with Gasteiger partial charge in [-0.05, 0) is 93.1 Å². The molecule has 0 saturated heterocycles. The van der Waals surface area contributed by atoms with Crippen LogP contribution in [0.5, 0.6) is 0 Å². The summed E-state index contributed by atoms with van der Waals surface area (Å²) in [6.45, 7) is 5.58. The molecule has 1 amide bonds. The molecule has 0 radical (unpaired) electrons. The van der Waals surface area contributed by atoms with Gasteiger partial charge in [0.15, 0.2) is 5.78 Å². The van der Waals surface area contributed by atoms with Crippen LogP contribution in [0, 0.1) is 11.6 Å². The monoisotopic (exact) mass is 554 g/mol. The first-order valence-corrected chi connectivity index (χ1v) is 13.0. The summed E-state index contributed by atoms with van der Waals surface area (Å²) in [5.74, 6) is -0.494. The number of rotatable bonds is 6. The van der Waals surface area contributed by atoms with Gasteiger partial charge in [-0.3, -0.25) is 9.78 Å². The maximum Gasteiger partial charge on any atom is 0.410 e. The van der Waals surface area contributed by atoms with Gasteiger partial charge in [0.1, 0.15) is 28.6 Å². The van der Waals surface area contributed by atoms with E-state index in [0.717, 1.165) is 22.1 Å². The Bertz CT molecular complexity index is 1720. The van der Waals surface area contributed by atoms with Crippen molar-refractivity contribution in [1.82, 2.24) is 9.88 Å². The molecule has 2 aromatic heterocycles. The fourth-order valence-corrected chi connectivity index (χ4v) is 4.38. The molecule has 0 atom stereocenters. The number of nitrogens with zero attached hydrogens (tertiary/aromatic N) is 2. The first-order chi connectivity index (χ1) is 19.5. The standard InChI is InChI=1S/C33H28F2N2O4/c1-33(2,3)41-32(39)37(4)19-27-16-24-15-23(17-28(31(24)40-27)20-5-10-25(34)11-6-20)29-14-9-22(18-36-29)30(38)21-7-12-26(35)13-8-21/h5-18H,19H2,1-4H3. The first-order valence-electron chi connectivity index (χ1n) is 13.0. The van der Waals surface area contributed by atoms with E-state index in [1.807, 2.05) is 18.2 Å². The quantitative estimate of drug-likeness (QED) is 0.199. The number of aromatic nitrogens is 1. The second kappa shape index (κ2) is 11.0. The smallest absolute Gasteiger partial charge is 0.410 e. The van der Waals surface area contributed by atoms with Gasteiger partial charge in [0, 0.05) is 40.9 Å². The van der Waals surface area contributed by atoms with E-state index < -0.39 is 17.5 Å². The summed E-state index contributed by atoms with van der Waals surface area (Å²) in [5, 5.41) is 0.766. The van der Waals surface area contributed by atoms with Gasteiger partial charge in [-0.1, -0.05) is 12.1 Å². The molecule has 0 saturated carbocycles. The highest BCUT2D eigenvalue weighted by atomic mass is 19.1. The number of carbonyl (C=O) groups is 2. The summed E-state index contributed by atoms with van der Waals surface area (Å²) < 4.78 is 38.6. The highest BCUT2D eigenvalue weighted by Gasteiger charge is 2.22. The third-order valence-corrected chi connectivity index (χ3v) is 6.35. The second-order valence-electron chi connectivity index (χ2n) is 10.8. The number of amides is 1. The molecular formula is C33H28F2N2O4. The Labute approximate surface area is 236 Å². The maximum atomic E-state index is 13.7. The third-order valence-electron chi connectivity index (χ3n) is 6.35. The van der Waals surface area contributed by atoms with E-state index in [-0.39, 0.29) is 18.1 Å². The molecule has 208 valence electrons. The van der Waals surface area contributed by atoms with Crippen LogP contribution >= 0.6 is 0 Å². The highest BCUT2D eigenvalue weighted by Crippen LogP contribution is 2.36. The Morgan fingerprint density at radius 2 is 1.49 bits per heavy atom. The van der Waals surface area contributed by atoms with Crippen LogP contribution < -0.4 is 0 Å². The van der Waals surface area contributed by atoms with E-state index in [1.54, 1.807) is 52.1 Å². The van der Waals surface area contributed by atoms with Crippen LogP contribution in [-0.4, -0.2) is 34.4 Å². The third kappa shape index (κ3) is 6.32. The Balaban J connectivity index is 1.50. The van der Waals surface area contributed by atoms with Gasteiger partial charge in [0.2, 0.25) is 0 Å². The lowest BCUT2D eigenvalue weighted by atomic mass is 9.98. The van der Waals surface area contributed by atoms with Crippen LogP contribution in [0.4, 0.5) is 13.6 Å². The molecule has 0 fully saturated rings. The molecule has 5 rings (SSSR count). The molecule has 0 unspecified atom stereocenters. The molecule has 0 aliphatic heterocycles. The largest absolute Gasteiger partial charge is 0.459 e. The van der Waals surface area contributed by atoms with Crippen molar-refractivity contribution in [3.05, 3.63) is 114 Å². The molecule has 0 N–H and O–H groups in total. The van der Waals surface area contributed by atoms with E-state index in [9.17, 15) is 18.4 Å². The van der Waals surface area contributed by atoms with Gasteiger partial charge in [-0.2, -0.15) is 0 Å². The van der Waals surface area contributed by atoms with Gasteiger partial charge in [-0.15, -0.1) is 0 Å². The number of benzene rings is 3. The normalized spacial score (nSPS) is 11.5. The number of ketones is 1. The number of halogens is 2. The Morgan fingerprint density at radius 3 is 2.10 bits per heavy atom.